The maximum atomic E-state index is 13.4. The molecule has 2 aromatic carbocycles. The van der Waals surface area contributed by atoms with E-state index in [9.17, 15) is 23.5 Å². The molecule has 0 aliphatic heterocycles. The number of nitrogen functional groups attached to an aromatic ring is 1. The molecule has 9 nitrogen and oxygen atoms in total. The van der Waals surface area contributed by atoms with Gasteiger partial charge in [0.2, 0.25) is 0 Å². The number of amides is 2. The van der Waals surface area contributed by atoms with E-state index in [1.54, 1.807) is 25.1 Å². The Hall–Kier alpha value is -3.96. The number of aliphatic hydroxyl groups is 1. The second-order valence-electron chi connectivity index (χ2n) is 7.36. The number of nitrogens with one attached hydrogen (secondary N) is 2. The van der Waals surface area contributed by atoms with Gasteiger partial charge in [0, 0.05) is 31.0 Å². The zero-order valence-electron chi connectivity index (χ0n) is 18.4. The van der Waals surface area contributed by atoms with Crippen molar-refractivity contribution in [3.63, 3.8) is 0 Å². The first-order chi connectivity index (χ1) is 16.2. The molecule has 178 valence electrons. The minimum absolute atomic E-state index is 0.0250. The van der Waals surface area contributed by atoms with Crippen LogP contribution in [0.3, 0.4) is 0 Å². The summed E-state index contributed by atoms with van der Waals surface area (Å²) in [4.78, 5) is 33.1. The number of nitrogens with zero attached hydrogens (tertiary/aromatic N) is 2. The summed E-state index contributed by atoms with van der Waals surface area (Å²) in [5, 5.41) is 15.3. The second-order valence-corrected chi connectivity index (χ2v) is 7.36. The fraction of sp³-hybridized carbons (Fsp3) is 0.217. The Kier molecular flexibility index (Phi) is 7.82. The number of hydrogen-bond donors (Lipinski definition) is 4. The largest absolute Gasteiger partial charge is 0.383 e. The highest BCUT2D eigenvalue weighted by Gasteiger charge is 2.20. The molecule has 3 aromatic rings. The van der Waals surface area contributed by atoms with Gasteiger partial charge in [-0.3, -0.25) is 9.59 Å². The van der Waals surface area contributed by atoms with Gasteiger partial charge in [0.05, 0.1) is 18.5 Å². The Balaban J connectivity index is 1.78. The quantitative estimate of drug-likeness (QED) is 0.370. The van der Waals surface area contributed by atoms with E-state index in [2.05, 4.69) is 20.6 Å². The summed E-state index contributed by atoms with van der Waals surface area (Å²) in [6.45, 7) is 2.36. The van der Waals surface area contributed by atoms with Crippen LogP contribution in [0.15, 0.2) is 42.6 Å². The molecule has 1 aromatic heterocycles. The molecule has 0 aliphatic rings. The normalized spacial score (nSPS) is 11.7. The molecule has 0 saturated heterocycles. The van der Waals surface area contributed by atoms with Crippen LogP contribution in [0.25, 0.3) is 11.3 Å². The third-order valence-corrected chi connectivity index (χ3v) is 4.83. The number of nitrogens with two attached hydrogens (primary N) is 1. The van der Waals surface area contributed by atoms with E-state index >= 15 is 0 Å². The number of halogens is 2. The number of methoxy groups -OCH3 is 1. The van der Waals surface area contributed by atoms with E-state index in [-0.39, 0.29) is 23.6 Å². The van der Waals surface area contributed by atoms with Gasteiger partial charge in [-0.15, -0.1) is 0 Å². The predicted molar refractivity (Wildman–Crippen MR) is 121 cm³/mol. The first-order valence-corrected chi connectivity index (χ1v) is 10.1. The minimum atomic E-state index is -1.77. The lowest BCUT2D eigenvalue weighted by Gasteiger charge is -2.14. The second kappa shape index (κ2) is 10.8. The number of carbonyl (C=O) groups excluding carboxylic acids is 2. The number of aliphatic hydroxyl groups excluding tert-OH is 1. The highest BCUT2D eigenvalue weighted by atomic mass is 19.1. The van der Waals surface area contributed by atoms with Gasteiger partial charge in [0.25, 0.3) is 11.8 Å². The molecule has 1 atom stereocenters. The van der Waals surface area contributed by atoms with Crippen LogP contribution in [0.4, 0.5) is 20.3 Å². The van der Waals surface area contributed by atoms with Crippen LogP contribution < -0.4 is 16.4 Å². The lowest BCUT2D eigenvalue weighted by Crippen LogP contribution is -2.29. The van der Waals surface area contributed by atoms with Crippen molar-refractivity contribution in [2.24, 2.45) is 0 Å². The van der Waals surface area contributed by atoms with E-state index in [0.717, 1.165) is 12.1 Å². The summed E-state index contributed by atoms with van der Waals surface area (Å²) in [5.41, 5.74) is 7.58. The predicted octanol–water partition coefficient (Wildman–Crippen LogP) is 2.36. The van der Waals surface area contributed by atoms with Crippen LogP contribution in [0.2, 0.25) is 0 Å². The van der Waals surface area contributed by atoms with Crippen molar-refractivity contribution in [2.45, 2.75) is 13.0 Å². The summed E-state index contributed by atoms with van der Waals surface area (Å²) in [7, 11) is 1.51. The zero-order chi connectivity index (χ0) is 24.8. The smallest absolute Gasteiger partial charge is 0.273 e. The number of ether oxygens (including phenoxy) is 1. The number of aromatic nitrogens is 2. The number of anilines is 2. The van der Waals surface area contributed by atoms with Crippen molar-refractivity contribution in [2.75, 3.05) is 31.3 Å². The van der Waals surface area contributed by atoms with Gasteiger partial charge in [0.15, 0.2) is 17.6 Å². The maximum Gasteiger partial charge on any atom is 0.273 e. The van der Waals surface area contributed by atoms with Crippen LogP contribution >= 0.6 is 0 Å². The summed E-state index contributed by atoms with van der Waals surface area (Å²) < 4.78 is 31.7. The Labute approximate surface area is 194 Å². The van der Waals surface area contributed by atoms with Gasteiger partial charge < -0.3 is 26.2 Å². The summed E-state index contributed by atoms with van der Waals surface area (Å²) >= 11 is 0. The van der Waals surface area contributed by atoms with E-state index in [1.165, 1.54) is 13.3 Å². The molecule has 3 rings (SSSR count). The van der Waals surface area contributed by atoms with Crippen LogP contribution in [-0.2, 0) is 9.53 Å². The van der Waals surface area contributed by atoms with Gasteiger partial charge in [0.1, 0.15) is 11.6 Å². The molecule has 1 heterocycles. The van der Waals surface area contributed by atoms with Crippen molar-refractivity contribution >= 4 is 23.3 Å². The molecular formula is C23H23F2N5O4. The van der Waals surface area contributed by atoms with Crippen molar-refractivity contribution < 1.29 is 28.2 Å². The van der Waals surface area contributed by atoms with Gasteiger partial charge in [-0.2, -0.15) is 0 Å². The van der Waals surface area contributed by atoms with Crippen molar-refractivity contribution in [3.8, 4) is 11.3 Å². The molecule has 34 heavy (non-hydrogen) atoms. The summed E-state index contributed by atoms with van der Waals surface area (Å²) in [6, 6.07) is 7.21. The highest BCUT2D eigenvalue weighted by Crippen LogP contribution is 2.26. The molecule has 0 saturated carbocycles. The van der Waals surface area contributed by atoms with Gasteiger partial charge >= 0.3 is 0 Å². The highest BCUT2D eigenvalue weighted by molar-refractivity contribution is 5.97. The third kappa shape index (κ3) is 5.88. The van der Waals surface area contributed by atoms with Crippen molar-refractivity contribution in [1.82, 2.24) is 15.3 Å². The van der Waals surface area contributed by atoms with E-state index in [1.807, 2.05) is 0 Å². The van der Waals surface area contributed by atoms with Crippen LogP contribution in [0, 0.1) is 18.6 Å². The molecule has 11 heteroatoms. The average molecular weight is 471 g/mol. The lowest BCUT2D eigenvalue weighted by atomic mass is 10.0. The number of rotatable bonds is 8. The Bertz CT molecular complexity index is 1200. The SMILES string of the molecule is COCCNC(=O)c1nc(-c2ccc(NC(=O)C(O)c3cc(F)cc(F)c3)cc2C)cnc1N. The number of aryl methyl sites for hydroxylation is 1. The number of carbonyl (C=O) groups is 2. The van der Waals surface area contributed by atoms with Gasteiger partial charge in [-0.05, 0) is 42.3 Å². The standard InChI is InChI=1S/C23H23F2N5O4/c1-12-7-16(29-23(33)20(31)13-8-14(24)10-15(25)9-13)3-4-17(12)18-11-28-21(26)19(30-18)22(32)27-5-6-34-2/h3-4,7-11,20,31H,5-6H2,1-2H3,(H2,26,28)(H,27,32)(H,29,33). The molecule has 0 spiro atoms. The molecule has 1 unspecified atom stereocenters. The van der Waals surface area contributed by atoms with Crippen molar-refractivity contribution in [3.05, 3.63) is 71.1 Å². The minimum Gasteiger partial charge on any atom is -0.383 e. The molecule has 5 N–H and O–H groups in total. The maximum absolute atomic E-state index is 13.4. The first-order valence-electron chi connectivity index (χ1n) is 10.1. The lowest BCUT2D eigenvalue weighted by molar-refractivity contribution is -0.124. The summed E-state index contributed by atoms with van der Waals surface area (Å²) in [5.74, 6) is -3.19. The van der Waals surface area contributed by atoms with Crippen LogP contribution in [0.1, 0.15) is 27.7 Å². The van der Waals surface area contributed by atoms with E-state index < -0.39 is 29.6 Å². The Morgan fingerprint density at radius 1 is 1.18 bits per heavy atom. The Morgan fingerprint density at radius 2 is 1.88 bits per heavy atom. The summed E-state index contributed by atoms with van der Waals surface area (Å²) in [6.07, 6.45) is -0.350. The van der Waals surface area contributed by atoms with Gasteiger partial charge in [-0.1, -0.05) is 6.07 Å². The van der Waals surface area contributed by atoms with Crippen LogP contribution in [-0.4, -0.2) is 47.2 Å². The van der Waals surface area contributed by atoms with Crippen LogP contribution in [0.5, 0.6) is 0 Å². The topological polar surface area (TPSA) is 139 Å². The number of benzene rings is 2. The molecule has 2 amide bonds. The third-order valence-electron chi connectivity index (χ3n) is 4.83. The Morgan fingerprint density at radius 3 is 2.53 bits per heavy atom. The number of hydrogen-bond acceptors (Lipinski definition) is 7. The molecule has 0 aliphatic carbocycles. The molecule has 0 fully saturated rings. The monoisotopic (exact) mass is 471 g/mol. The zero-order valence-corrected chi connectivity index (χ0v) is 18.4. The molecular weight excluding hydrogens is 448 g/mol. The molecule has 0 bridgehead atoms. The molecule has 0 radical (unpaired) electrons. The van der Waals surface area contributed by atoms with Gasteiger partial charge in [-0.25, -0.2) is 18.7 Å². The first kappa shape index (κ1) is 24.7. The van der Waals surface area contributed by atoms with E-state index in [4.69, 9.17) is 10.5 Å². The van der Waals surface area contributed by atoms with E-state index in [0.29, 0.717) is 35.2 Å². The fourth-order valence-corrected chi connectivity index (χ4v) is 3.17. The average Bonchev–Trinajstić information content (AvgIpc) is 2.78. The van der Waals surface area contributed by atoms with Crippen molar-refractivity contribution in [1.29, 1.82) is 0 Å². The fourth-order valence-electron chi connectivity index (χ4n) is 3.17.